The molecular formula is C16H24O. The summed E-state index contributed by atoms with van der Waals surface area (Å²) < 4.78 is 0. The summed E-state index contributed by atoms with van der Waals surface area (Å²) in [5, 5.41) is 11.1. The molecule has 2 atom stereocenters. The SMILES string of the molecule is Cc1ccc(C)c(C2(O)CC(C)(C)CC2C)c1. The molecule has 1 aliphatic carbocycles. The Morgan fingerprint density at radius 3 is 2.41 bits per heavy atom. The van der Waals surface area contributed by atoms with E-state index in [1.807, 2.05) is 0 Å². The zero-order valence-electron chi connectivity index (χ0n) is 11.7. The quantitative estimate of drug-likeness (QED) is 0.777. The minimum absolute atomic E-state index is 0.240. The smallest absolute Gasteiger partial charge is 0.0929 e. The molecule has 1 fully saturated rings. The average molecular weight is 232 g/mol. The molecule has 0 bridgehead atoms. The third kappa shape index (κ3) is 2.13. The lowest BCUT2D eigenvalue weighted by Crippen LogP contribution is -2.30. The Labute approximate surface area is 105 Å². The lowest BCUT2D eigenvalue weighted by Gasteiger charge is -2.31. The molecule has 0 saturated heterocycles. The first kappa shape index (κ1) is 12.6. The number of hydrogen-bond acceptors (Lipinski definition) is 1. The van der Waals surface area contributed by atoms with E-state index in [2.05, 4.69) is 52.8 Å². The van der Waals surface area contributed by atoms with E-state index >= 15 is 0 Å². The van der Waals surface area contributed by atoms with Gasteiger partial charge in [-0.3, -0.25) is 0 Å². The van der Waals surface area contributed by atoms with Crippen molar-refractivity contribution < 1.29 is 5.11 Å². The van der Waals surface area contributed by atoms with Crippen LogP contribution in [0.2, 0.25) is 0 Å². The number of aliphatic hydroxyl groups is 1. The first-order valence-corrected chi connectivity index (χ1v) is 6.55. The van der Waals surface area contributed by atoms with Crippen molar-refractivity contribution in [3.63, 3.8) is 0 Å². The van der Waals surface area contributed by atoms with Crippen molar-refractivity contribution in [2.75, 3.05) is 0 Å². The Morgan fingerprint density at radius 1 is 1.24 bits per heavy atom. The van der Waals surface area contributed by atoms with Crippen molar-refractivity contribution in [2.24, 2.45) is 11.3 Å². The van der Waals surface area contributed by atoms with Crippen molar-refractivity contribution in [2.45, 2.75) is 53.1 Å². The highest BCUT2D eigenvalue weighted by Crippen LogP contribution is 2.53. The molecule has 0 aromatic heterocycles. The second-order valence-corrected chi connectivity index (χ2v) is 6.69. The topological polar surface area (TPSA) is 20.2 Å². The average Bonchev–Trinajstić information content (AvgIpc) is 2.40. The van der Waals surface area contributed by atoms with Crippen molar-refractivity contribution in [3.8, 4) is 0 Å². The molecule has 1 aromatic rings. The van der Waals surface area contributed by atoms with Crippen LogP contribution in [0.15, 0.2) is 18.2 Å². The van der Waals surface area contributed by atoms with Crippen LogP contribution in [0.1, 0.15) is 50.3 Å². The van der Waals surface area contributed by atoms with Crippen molar-refractivity contribution in [1.29, 1.82) is 0 Å². The molecule has 0 amide bonds. The molecule has 2 rings (SSSR count). The molecule has 1 N–H and O–H groups in total. The molecule has 94 valence electrons. The van der Waals surface area contributed by atoms with Crippen LogP contribution >= 0.6 is 0 Å². The van der Waals surface area contributed by atoms with Crippen molar-refractivity contribution in [1.82, 2.24) is 0 Å². The fourth-order valence-corrected chi connectivity index (χ4v) is 3.54. The minimum atomic E-state index is -0.639. The Bertz CT molecular complexity index is 433. The summed E-state index contributed by atoms with van der Waals surface area (Å²) in [5.74, 6) is 0.331. The molecule has 1 nitrogen and oxygen atoms in total. The van der Waals surface area contributed by atoms with Crippen LogP contribution < -0.4 is 0 Å². The summed E-state index contributed by atoms with van der Waals surface area (Å²) in [6.45, 7) is 10.9. The van der Waals surface area contributed by atoms with Gasteiger partial charge in [-0.2, -0.15) is 0 Å². The lowest BCUT2D eigenvalue weighted by molar-refractivity contribution is -0.00146. The van der Waals surface area contributed by atoms with Gasteiger partial charge < -0.3 is 5.11 Å². The van der Waals surface area contributed by atoms with Gasteiger partial charge in [-0.05, 0) is 49.1 Å². The maximum Gasteiger partial charge on any atom is 0.0929 e. The van der Waals surface area contributed by atoms with E-state index in [0.29, 0.717) is 5.92 Å². The van der Waals surface area contributed by atoms with Gasteiger partial charge in [0, 0.05) is 0 Å². The number of aryl methyl sites for hydroxylation is 2. The molecule has 1 aromatic carbocycles. The molecule has 0 spiro atoms. The Kier molecular flexibility index (Phi) is 2.86. The number of hydrogen-bond donors (Lipinski definition) is 1. The van der Waals surface area contributed by atoms with Crippen molar-refractivity contribution in [3.05, 3.63) is 34.9 Å². The fraction of sp³-hybridized carbons (Fsp3) is 0.625. The van der Waals surface area contributed by atoms with Gasteiger partial charge in [0.1, 0.15) is 0 Å². The van der Waals surface area contributed by atoms with Crippen LogP contribution in [0.25, 0.3) is 0 Å². The van der Waals surface area contributed by atoms with Gasteiger partial charge in [-0.15, -0.1) is 0 Å². The van der Waals surface area contributed by atoms with Gasteiger partial charge in [0.05, 0.1) is 5.60 Å². The number of benzene rings is 1. The second kappa shape index (κ2) is 3.84. The van der Waals surface area contributed by atoms with E-state index in [9.17, 15) is 5.11 Å². The van der Waals surface area contributed by atoms with E-state index in [-0.39, 0.29) is 5.41 Å². The summed E-state index contributed by atoms with van der Waals surface area (Å²) >= 11 is 0. The van der Waals surface area contributed by atoms with Gasteiger partial charge in [0.15, 0.2) is 0 Å². The van der Waals surface area contributed by atoms with E-state index in [1.54, 1.807) is 0 Å². The molecular weight excluding hydrogens is 208 g/mol. The van der Waals surface area contributed by atoms with Crippen LogP contribution in [0, 0.1) is 25.2 Å². The molecule has 1 heteroatoms. The van der Waals surface area contributed by atoms with Crippen LogP contribution in [0.4, 0.5) is 0 Å². The molecule has 1 aliphatic rings. The molecule has 0 radical (unpaired) electrons. The predicted octanol–water partition coefficient (Wildman–Crippen LogP) is 3.95. The van der Waals surface area contributed by atoms with Crippen molar-refractivity contribution >= 4 is 0 Å². The van der Waals surface area contributed by atoms with Crippen LogP contribution in [0.3, 0.4) is 0 Å². The maximum absolute atomic E-state index is 11.1. The van der Waals surface area contributed by atoms with Gasteiger partial charge in [-0.25, -0.2) is 0 Å². The number of rotatable bonds is 1. The summed E-state index contributed by atoms with van der Waals surface area (Å²) in [6.07, 6.45) is 1.96. The van der Waals surface area contributed by atoms with Gasteiger partial charge in [0.25, 0.3) is 0 Å². The first-order chi connectivity index (χ1) is 7.74. The van der Waals surface area contributed by atoms with Crippen LogP contribution in [-0.4, -0.2) is 5.11 Å². The zero-order chi connectivity index (χ0) is 12.8. The third-order valence-corrected chi connectivity index (χ3v) is 4.28. The van der Waals surface area contributed by atoms with E-state index < -0.39 is 5.60 Å². The highest BCUT2D eigenvalue weighted by molar-refractivity contribution is 5.36. The highest BCUT2D eigenvalue weighted by atomic mass is 16.3. The predicted molar refractivity (Wildman–Crippen MR) is 72.0 cm³/mol. The fourth-order valence-electron chi connectivity index (χ4n) is 3.54. The summed E-state index contributed by atoms with van der Waals surface area (Å²) in [4.78, 5) is 0. The Morgan fingerprint density at radius 2 is 1.88 bits per heavy atom. The Balaban J connectivity index is 2.48. The molecule has 2 unspecified atom stereocenters. The first-order valence-electron chi connectivity index (χ1n) is 6.55. The molecule has 1 saturated carbocycles. The van der Waals surface area contributed by atoms with Crippen LogP contribution in [-0.2, 0) is 5.60 Å². The van der Waals surface area contributed by atoms with E-state index in [0.717, 1.165) is 18.4 Å². The largest absolute Gasteiger partial charge is 0.385 e. The Hall–Kier alpha value is -0.820. The highest BCUT2D eigenvalue weighted by Gasteiger charge is 2.48. The summed E-state index contributed by atoms with van der Waals surface area (Å²) in [6, 6.07) is 6.40. The zero-order valence-corrected chi connectivity index (χ0v) is 11.7. The van der Waals surface area contributed by atoms with Gasteiger partial charge >= 0.3 is 0 Å². The lowest BCUT2D eigenvalue weighted by atomic mass is 9.81. The van der Waals surface area contributed by atoms with Crippen LogP contribution in [0.5, 0.6) is 0 Å². The summed E-state index contributed by atoms with van der Waals surface area (Å²) in [7, 11) is 0. The third-order valence-electron chi connectivity index (χ3n) is 4.28. The molecule has 0 heterocycles. The molecule has 0 aliphatic heterocycles. The maximum atomic E-state index is 11.1. The molecule has 17 heavy (non-hydrogen) atoms. The second-order valence-electron chi connectivity index (χ2n) is 6.69. The van der Waals surface area contributed by atoms with Gasteiger partial charge in [-0.1, -0.05) is 44.5 Å². The standard InChI is InChI=1S/C16H24O/c1-11-6-7-12(2)14(8-11)16(17)10-15(4,5)9-13(16)3/h6-8,13,17H,9-10H2,1-5H3. The normalized spacial score (nSPS) is 31.8. The monoisotopic (exact) mass is 232 g/mol. The van der Waals surface area contributed by atoms with E-state index in [4.69, 9.17) is 0 Å². The minimum Gasteiger partial charge on any atom is -0.385 e. The van der Waals surface area contributed by atoms with E-state index in [1.165, 1.54) is 11.1 Å². The summed E-state index contributed by atoms with van der Waals surface area (Å²) in [5.41, 5.74) is 3.18. The van der Waals surface area contributed by atoms with Gasteiger partial charge in [0.2, 0.25) is 0 Å².